The van der Waals surface area contributed by atoms with Gasteiger partial charge in [-0.1, -0.05) is 12.1 Å². The van der Waals surface area contributed by atoms with E-state index in [4.69, 9.17) is 4.74 Å². The number of benzene rings is 2. The van der Waals surface area contributed by atoms with Gasteiger partial charge in [0.25, 0.3) is 23.4 Å². The summed E-state index contributed by atoms with van der Waals surface area (Å²) >= 11 is 0. The number of rotatable bonds is 7. The molecular formula is C18H15N3O8S. The van der Waals surface area contributed by atoms with Gasteiger partial charge in [-0.2, -0.15) is 0 Å². The van der Waals surface area contributed by atoms with Gasteiger partial charge in [0, 0.05) is 18.7 Å². The van der Waals surface area contributed by atoms with Crippen molar-refractivity contribution in [1.82, 2.24) is 9.62 Å². The topological polar surface area (TPSA) is 153 Å². The predicted octanol–water partition coefficient (Wildman–Crippen LogP) is 0.959. The SMILES string of the molecule is COc1ccc([N+](=O)[O-])cc1C(=O)NS(=O)(=O)CCN1C(=O)c2ccccc2C1=O. The third-order valence-corrected chi connectivity index (χ3v) is 5.56. The van der Waals surface area contributed by atoms with Gasteiger partial charge in [-0.15, -0.1) is 0 Å². The van der Waals surface area contributed by atoms with Gasteiger partial charge >= 0.3 is 0 Å². The number of sulfonamides is 1. The van der Waals surface area contributed by atoms with Gasteiger partial charge in [-0.25, -0.2) is 13.1 Å². The van der Waals surface area contributed by atoms with Gasteiger partial charge in [-0.3, -0.25) is 29.4 Å². The summed E-state index contributed by atoms with van der Waals surface area (Å²) in [6.07, 6.45) is 0. The molecule has 0 fully saturated rings. The molecule has 0 saturated carbocycles. The number of hydrogen-bond donors (Lipinski definition) is 1. The van der Waals surface area contributed by atoms with E-state index in [1.165, 1.54) is 25.3 Å². The van der Waals surface area contributed by atoms with Crippen LogP contribution in [0.25, 0.3) is 0 Å². The summed E-state index contributed by atoms with van der Waals surface area (Å²) in [7, 11) is -3.06. The molecular weight excluding hydrogens is 418 g/mol. The Balaban J connectivity index is 1.73. The van der Waals surface area contributed by atoms with Crippen molar-refractivity contribution in [2.45, 2.75) is 0 Å². The fourth-order valence-electron chi connectivity index (χ4n) is 2.89. The molecule has 0 unspecified atom stereocenters. The fraction of sp³-hybridized carbons (Fsp3) is 0.167. The first-order valence-corrected chi connectivity index (χ1v) is 10.1. The monoisotopic (exact) mass is 433 g/mol. The summed E-state index contributed by atoms with van der Waals surface area (Å²) in [6, 6.07) is 9.23. The molecule has 3 amide bonds. The molecule has 0 aromatic heterocycles. The Morgan fingerprint density at radius 1 is 1.13 bits per heavy atom. The minimum atomic E-state index is -4.28. The highest BCUT2D eigenvalue weighted by Gasteiger charge is 2.35. The van der Waals surface area contributed by atoms with Crippen LogP contribution in [0, 0.1) is 10.1 Å². The number of nitrogens with zero attached hydrogens (tertiary/aromatic N) is 2. The van der Waals surface area contributed by atoms with Crippen LogP contribution >= 0.6 is 0 Å². The summed E-state index contributed by atoms with van der Waals surface area (Å²) in [5, 5.41) is 10.9. The first kappa shape index (κ1) is 20.9. The van der Waals surface area contributed by atoms with Crippen LogP contribution in [0.2, 0.25) is 0 Å². The van der Waals surface area contributed by atoms with Gasteiger partial charge in [-0.05, 0) is 18.2 Å². The fourth-order valence-corrected chi connectivity index (χ4v) is 3.81. The van der Waals surface area contributed by atoms with Gasteiger partial charge in [0.05, 0.1) is 34.5 Å². The zero-order valence-electron chi connectivity index (χ0n) is 15.5. The van der Waals surface area contributed by atoms with E-state index < -0.39 is 50.7 Å². The Hall–Kier alpha value is -3.80. The molecule has 0 bridgehead atoms. The second-order valence-electron chi connectivity index (χ2n) is 6.20. The molecule has 0 atom stereocenters. The third-order valence-electron chi connectivity index (χ3n) is 4.35. The number of nitro groups is 1. The van der Waals surface area contributed by atoms with Crippen molar-refractivity contribution in [3.63, 3.8) is 0 Å². The molecule has 11 nitrogen and oxygen atoms in total. The van der Waals surface area contributed by atoms with Crippen LogP contribution in [0.3, 0.4) is 0 Å². The second-order valence-corrected chi connectivity index (χ2v) is 8.04. The summed E-state index contributed by atoms with van der Waals surface area (Å²) in [4.78, 5) is 47.9. The maximum atomic E-state index is 12.4. The summed E-state index contributed by atoms with van der Waals surface area (Å²) in [5.74, 6) is -3.19. The number of fused-ring (bicyclic) bond motifs is 1. The summed E-state index contributed by atoms with van der Waals surface area (Å²) < 4.78 is 31.4. The molecule has 1 aliphatic rings. The van der Waals surface area contributed by atoms with Crippen molar-refractivity contribution in [1.29, 1.82) is 0 Å². The van der Waals surface area contributed by atoms with Crippen LogP contribution in [-0.4, -0.2) is 55.4 Å². The maximum absolute atomic E-state index is 12.4. The first-order valence-electron chi connectivity index (χ1n) is 8.47. The lowest BCUT2D eigenvalue weighted by Crippen LogP contribution is -2.39. The van der Waals surface area contributed by atoms with E-state index in [2.05, 4.69) is 0 Å². The minimum absolute atomic E-state index is 0.0614. The molecule has 1 aliphatic heterocycles. The van der Waals surface area contributed by atoms with E-state index in [0.29, 0.717) is 0 Å². The number of imide groups is 1. The maximum Gasteiger partial charge on any atom is 0.270 e. The number of amides is 3. The van der Waals surface area contributed by atoms with Gasteiger partial charge < -0.3 is 4.74 Å². The molecule has 0 spiro atoms. The Morgan fingerprint density at radius 2 is 1.73 bits per heavy atom. The van der Waals surface area contributed by atoms with E-state index in [1.54, 1.807) is 16.9 Å². The van der Waals surface area contributed by atoms with E-state index in [-0.39, 0.29) is 22.4 Å². The van der Waals surface area contributed by atoms with Crippen molar-refractivity contribution < 1.29 is 32.5 Å². The van der Waals surface area contributed by atoms with Gasteiger partial charge in [0.2, 0.25) is 10.0 Å². The normalized spacial score (nSPS) is 13.2. The third kappa shape index (κ3) is 3.98. The zero-order valence-corrected chi connectivity index (χ0v) is 16.3. The molecule has 30 heavy (non-hydrogen) atoms. The number of nitrogens with one attached hydrogen (secondary N) is 1. The molecule has 156 valence electrons. The number of ether oxygens (including phenoxy) is 1. The molecule has 3 rings (SSSR count). The smallest absolute Gasteiger partial charge is 0.270 e. The van der Waals surface area contributed by atoms with Crippen molar-refractivity contribution in [2.24, 2.45) is 0 Å². The Bertz CT molecular complexity index is 1140. The number of non-ortho nitro benzene ring substituents is 1. The Morgan fingerprint density at radius 3 is 2.27 bits per heavy atom. The molecule has 2 aromatic rings. The molecule has 12 heteroatoms. The average molecular weight is 433 g/mol. The van der Waals surface area contributed by atoms with Crippen LogP contribution in [0.15, 0.2) is 42.5 Å². The highest BCUT2D eigenvalue weighted by Crippen LogP contribution is 2.24. The largest absolute Gasteiger partial charge is 0.496 e. The van der Waals surface area contributed by atoms with Crippen LogP contribution in [0.5, 0.6) is 5.75 Å². The first-order chi connectivity index (χ1) is 14.1. The summed E-state index contributed by atoms with van der Waals surface area (Å²) in [5.41, 5.74) is -0.434. The lowest BCUT2D eigenvalue weighted by molar-refractivity contribution is -0.384. The molecule has 1 N–H and O–H groups in total. The minimum Gasteiger partial charge on any atom is -0.496 e. The second kappa shape index (κ2) is 7.91. The lowest BCUT2D eigenvalue weighted by Gasteiger charge is -2.14. The van der Waals surface area contributed by atoms with Crippen LogP contribution < -0.4 is 9.46 Å². The standard InChI is InChI=1S/C18H15N3O8S/c1-29-15-7-6-11(21(25)26)10-14(15)16(22)19-30(27,28)9-8-20-17(23)12-4-2-3-5-13(12)18(20)24/h2-7,10H,8-9H2,1H3,(H,19,22). The van der Waals surface area contributed by atoms with Crippen molar-refractivity contribution >= 4 is 33.4 Å². The lowest BCUT2D eigenvalue weighted by atomic mass is 10.1. The van der Waals surface area contributed by atoms with Crippen molar-refractivity contribution in [2.75, 3.05) is 19.4 Å². The number of nitro benzene ring substituents is 1. The highest BCUT2D eigenvalue weighted by atomic mass is 32.2. The zero-order chi connectivity index (χ0) is 22.1. The quantitative estimate of drug-likeness (QED) is 0.385. The summed E-state index contributed by atoms with van der Waals surface area (Å²) in [6.45, 7) is -0.471. The highest BCUT2D eigenvalue weighted by molar-refractivity contribution is 7.90. The van der Waals surface area contributed by atoms with Crippen molar-refractivity contribution in [3.05, 3.63) is 69.3 Å². The Kier molecular flexibility index (Phi) is 5.52. The molecule has 0 radical (unpaired) electrons. The van der Waals surface area contributed by atoms with Crippen LogP contribution in [0.4, 0.5) is 5.69 Å². The molecule has 0 saturated heterocycles. The molecule has 2 aromatic carbocycles. The van der Waals surface area contributed by atoms with E-state index in [1.807, 2.05) is 0 Å². The predicted molar refractivity (Wildman–Crippen MR) is 103 cm³/mol. The van der Waals surface area contributed by atoms with Gasteiger partial charge in [0.1, 0.15) is 5.75 Å². The van der Waals surface area contributed by atoms with E-state index >= 15 is 0 Å². The molecule has 0 aliphatic carbocycles. The van der Waals surface area contributed by atoms with E-state index in [0.717, 1.165) is 17.0 Å². The average Bonchev–Trinajstić information content (AvgIpc) is 2.96. The Labute approximate surface area is 170 Å². The van der Waals surface area contributed by atoms with Gasteiger partial charge in [0.15, 0.2) is 0 Å². The molecule has 1 heterocycles. The van der Waals surface area contributed by atoms with Crippen LogP contribution in [0.1, 0.15) is 31.1 Å². The number of carbonyl (C=O) groups excluding carboxylic acids is 3. The van der Waals surface area contributed by atoms with Crippen LogP contribution in [-0.2, 0) is 10.0 Å². The number of hydrogen-bond acceptors (Lipinski definition) is 8. The number of carbonyl (C=O) groups is 3. The van der Waals surface area contributed by atoms with Crippen molar-refractivity contribution in [3.8, 4) is 5.75 Å². The number of methoxy groups -OCH3 is 1. The van der Waals surface area contributed by atoms with E-state index in [9.17, 15) is 32.9 Å².